The van der Waals surface area contributed by atoms with Crippen molar-refractivity contribution in [2.75, 3.05) is 5.73 Å². The Labute approximate surface area is 86.3 Å². The Balaban J connectivity index is 3.01. The fraction of sp³-hybridized carbons (Fsp3) is 0.300. The molecule has 0 fully saturated rings. The number of hydrogen-bond acceptors (Lipinski definition) is 2. The number of nitrogens with two attached hydrogens (primary N) is 1. The van der Waals surface area contributed by atoms with Gasteiger partial charge in [-0.1, -0.05) is 22.0 Å². The van der Waals surface area contributed by atoms with Gasteiger partial charge < -0.3 is 5.73 Å². The van der Waals surface area contributed by atoms with Gasteiger partial charge in [0.15, 0.2) is 0 Å². The van der Waals surface area contributed by atoms with Gasteiger partial charge >= 0.3 is 0 Å². The quantitative estimate of drug-likeness (QED) is 0.652. The fourth-order valence-corrected chi connectivity index (χ4v) is 1.76. The van der Waals surface area contributed by atoms with E-state index >= 15 is 0 Å². The summed E-state index contributed by atoms with van der Waals surface area (Å²) in [7, 11) is 0. The maximum absolute atomic E-state index is 10.9. The maximum Gasteiger partial charge on any atom is 0.134 e. The van der Waals surface area contributed by atoms with E-state index in [9.17, 15) is 4.79 Å². The topological polar surface area (TPSA) is 43.1 Å². The summed E-state index contributed by atoms with van der Waals surface area (Å²) in [6.45, 7) is 1.58. The maximum atomic E-state index is 10.9. The summed E-state index contributed by atoms with van der Waals surface area (Å²) in [5.41, 5.74) is 8.49. The summed E-state index contributed by atoms with van der Waals surface area (Å²) in [6, 6.07) is 5.65. The number of hydrogen-bond donors (Lipinski definition) is 1. The van der Waals surface area contributed by atoms with Crippen LogP contribution in [0, 0.1) is 0 Å². The summed E-state index contributed by atoms with van der Waals surface area (Å²) in [4.78, 5) is 10.9. The molecule has 2 nitrogen and oxygen atoms in total. The second kappa shape index (κ2) is 4.42. The highest BCUT2D eigenvalue weighted by Gasteiger charge is 2.04. The molecule has 0 saturated heterocycles. The summed E-state index contributed by atoms with van der Waals surface area (Å²) in [5.74, 6) is 0.160. The zero-order chi connectivity index (χ0) is 9.84. The molecule has 0 aliphatic carbocycles. The number of benzene rings is 1. The van der Waals surface area contributed by atoms with Crippen LogP contribution in [-0.2, 0) is 16.5 Å². The van der Waals surface area contributed by atoms with Gasteiger partial charge in [-0.25, -0.2) is 0 Å². The van der Waals surface area contributed by atoms with Crippen molar-refractivity contribution in [2.45, 2.75) is 18.7 Å². The first kappa shape index (κ1) is 10.3. The Hall–Kier alpha value is -0.830. The predicted molar refractivity (Wildman–Crippen MR) is 57.9 cm³/mol. The molecule has 3 heteroatoms. The molecule has 0 heterocycles. The van der Waals surface area contributed by atoms with E-state index in [1.165, 1.54) is 0 Å². The van der Waals surface area contributed by atoms with Crippen molar-refractivity contribution in [3.8, 4) is 0 Å². The second-order valence-corrected chi connectivity index (χ2v) is 3.60. The molecule has 0 aromatic heterocycles. The van der Waals surface area contributed by atoms with Crippen molar-refractivity contribution >= 4 is 27.4 Å². The van der Waals surface area contributed by atoms with Gasteiger partial charge in [0.05, 0.1) is 0 Å². The second-order valence-electron chi connectivity index (χ2n) is 3.04. The van der Waals surface area contributed by atoms with E-state index in [4.69, 9.17) is 5.73 Å². The van der Waals surface area contributed by atoms with Crippen molar-refractivity contribution in [3.05, 3.63) is 29.3 Å². The molecule has 0 bridgehead atoms. The molecule has 13 heavy (non-hydrogen) atoms. The number of carbonyl (C=O) groups excluding carboxylic acids is 1. The monoisotopic (exact) mass is 241 g/mol. The molecular weight excluding hydrogens is 230 g/mol. The van der Waals surface area contributed by atoms with E-state index in [1.54, 1.807) is 6.92 Å². The van der Waals surface area contributed by atoms with E-state index in [1.807, 2.05) is 18.2 Å². The van der Waals surface area contributed by atoms with Crippen molar-refractivity contribution in [3.63, 3.8) is 0 Å². The lowest BCUT2D eigenvalue weighted by Gasteiger charge is -2.05. The van der Waals surface area contributed by atoms with Gasteiger partial charge in [0.25, 0.3) is 0 Å². The number of anilines is 1. The average molecular weight is 242 g/mol. The highest BCUT2D eigenvalue weighted by Crippen LogP contribution is 2.17. The van der Waals surface area contributed by atoms with Gasteiger partial charge in [-0.15, -0.1) is 0 Å². The average Bonchev–Trinajstić information content (AvgIpc) is 2.03. The van der Waals surface area contributed by atoms with Crippen LogP contribution in [0.1, 0.15) is 18.1 Å². The third-order valence-corrected chi connectivity index (χ3v) is 2.42. The zero-order valence-electron chi connectivity index (χ0n) is 7.51. The number of nitrogen functional groups attached to an aromatic ring is 1. The lowest BCUT2D eigenvalue weighted by Crippen LogP contribution is -2.01. The van der Waals surface area contributed by atoms with Crippen LogP contribution in [-0.4, -0.2) is 5.78 Å². The van der Waals surface area contributed by atoms with Crippen LogP contribution in [0.15, 0.2) is 18.2 Å². The molecule has 1 rings (SSSR count). The van der Waals surface area contributed by atoms with E-state index in [-0.39, 0.29) is 5.78 Å². The molecule has 0 radical (unpaired) electrons. The number of carbonyl (C=O) groups is 1. The number of Topliss-reactive ketones (excluding diaryl/α,β-unsaturated/α-hetero) is 1. The number of halogens is 1. The molecule has 0 spiro atoms. The minimum Gasteiger partial charge on any atom is -0.399 e. The van der Waals surface area contributed by atoms with Crippen molar-refractivity contribution in [1.82, 2.24) is 0 Å². The minimum atomic E-state index is 0.160. The van der Waals surface area contributed by atoms with Gasteiger partial charge in [-0.3, -0.25) is 4.79 Å². The summed E-state index contributed by atoms with van der Waals surface area (Å²) < 4.78 is 0. The summed E-state index contributed by atoms with van der Waals surface area (Å²) in [5, 5.41) is 0.760. The first-order valence-electron chi connectivity index (χ1n) is 4.06. The highest BCUT2D eigenvalue weighted by atomic mass is 79.9. The van der Waals surface area contributed by atoms with Gasteiger partial charge in [0, 0.05) is 17.4 Å². The van der Waals surface area contributed by atoms with Gasteiger partial charge in [-0.2, -0.15) is 0 Å². The van der Waals surface area contributed by atoms with Gasteiger partial charge in [0.2, 0.25) is 0 Å². The Morgan fingerprint density at radius 2 is 2.15 bits per heavy atom. The normalized spacial score (nSPS) is 10.0. The van der Waals surface area contributed by atoms with E-state index in [0.717, 1.165) is 16.5 Å². The molecule has 70 valence electrons. The van der Waals surface area contributed by atoms with Crippen molar-refractivity contribution in [1.29, 1.82) is 0 Å². The number of ketones is 1. The Morgan fingerprint density at radius 3 is 2.69 bits per heavy atom. The van der Waals surface area contributed by atoms with Crippen LogP contribution in [0.3, 0.4) is 0 Å². The first-order valence-corrected chi connectivity index (χ1v) is 5.18. The van der Waals surface area contributed by atoms with Crippen LogP contribution >= 0.6 is 15.9 Å². The number of alkyl halides is 1. The molecule has 0 atom stereocenters. The SMILES string of the molecule is CC(=O)Cc1cc(N)ccc1CBr. The molecule has 0 aliphatic rings. The Morgan fingerprint density at radius 1 is 1.46 bits per heavy atom. The van der Waals surface area contributed by atoms with Gasteiger partial charge in [0.1, 0.15) is 5.78 Å². The molecule has 1 aromatic carbocycles. The number of rotatable bonds is 3. The van der Waals surface area contributed by atoms with Crippen LogP contribution < -0.4 is 5.73 Å². The lowest BCUT2D eigenvalue weighted by atomic mass is 10.0. The molecule has 2 N–H and O–H groups in total. The largest absolute Gasteiger partial charge is 0.399 e. The van der Waals surface area contributed by atoms with Crippen molar-refractivity contribution < 1.29 is 4.79 Å². The third kappa shape index (κ3) is 2.84. The standard InChI is InChI=1S/C10H12BrNO/c1-7(13)4-9-5-10(12)3-2-8(9)6-11/h2-3,5H,4,6,12H2,1H3. The molecular formula is C10H12BrNO. The smallest absolute Gasteiger partial charge is 0.134 e. The van der Waals surface area contributed by atoms with Crippen molar-refractivity contribution in [2.24, 2.45) is 0 Å². The van der Waals surface area contributed by atoms with Crippen LogP contribution in [0.5, 0.6) is 0 Å². The predicted octanol–water partition coefficient (Wildman–Crippen LogP) is 2.30. The van der Waals surface area contributed by atoms with Crippen LogP contribution in [0.25, 0.3) is 0 Å². The van der Waals surface area contributed by atoms with E-state index in [2.05, 4.69) is 15.9 Å². The Bertz CT molecular complexity index is 323. The third-order valence-electron chi connectivity index (χ3n) is 1.81. The van der Waals surface area contributed by atoms with E-state index in [0.29, 0.717) is 12.1 Å². The summed E-state index contributed by atoms with van der Waals surface area (Å²) >= 11 is 3.37. The molecule has 0 unspecified atom stereocenters. The van der Waals surface area contributed by atoms with Crippen LogP contribution in [0.4, 0.5) is 5.69 Å². The molecule has 0 amide bonds. The molecule has 0 saturated carbocycles. The first-order chi connectivity index (χ1) is 6.13. The lowest BCUT2D eigenvalue weighted by molar-refractivity contribution is -0.116. The zero-order valence-corrected chi connectivity index (χ0v) is 9.10. The van der Waals surface area contributed by atoms with Gasteiger partial charge in [-0.05, 0) is 30.2 Å². The van der Waals surface area contributed by atoms with Crippen LogP contribution in [0.2, 0.25) is 0 Å². The molecule has 1 aromatic rings. The minimum absolute atomic E-state index is 0.160. The fourth-order valence-electron chi connectivity index (χ4n) is 1.21. The Kier molecular flexibility index (Phi) is 3.48. The summed E-state index contributed by atoms with van der Waals surface area (Å²) in [6.07, 6.45) is 0.464. The van der Waals surface area contributed by atoms with E-state index < -0.39 is 0 Å². The molecule has 0 aliphatic heterocycles. The highest BCUT2D eigenvalue weighted by molar-refractivity contribution is 9.08.